The molecule has 3 aromatic rings. The van der Waals surface area contributed by atoms with E-state index < -0.39 is 22.5 Å². The van der Waals surface area contributed by atoms with E-state index in [1.807, 2.05) is 6.92 Å². The van der Waals surface area contributed by atoms with Gasteiger partial charge in [-0.1, -0.05) is 18.2 Å². The van der Waals surface area contributed by atoms with Crippen molar-refractivity contribution in [1.29, 1.82) is 0 Å². The van der Waals surface area contributed by atoms with Crippen molar-refractivity contribution in [3.63, 3.8) is 0 Å². The summed E-state index contributed by atoms with van der Waals surface area (Å²) in [6.07, 6.45) is 0. The highest BCUT2D eigenvalue weighted by molar-refractivity contribution is 7.92. The van der Waals surface area contributed by atoms with Gasteiger partial charge < -0.3 is 19.5 Å². The third-order valence-corrected chi connectivity index (χ3v) is 6.67. The SMILES string of the molecule is CCOc1ccc(S(=O)(=O)N(CC(=O)Nc2ccc3c(c2)OCCO3)c2ccccc2)cc1. The zero-order chi connectivity index (χ0) is 23.3. The van der Waals surface area contributed by atoms with E-state index in [0.717, 1.165) is 4.31 Å². The lowest BCUT2D eigenvalue weighted by Gasteiger charge is -2.24. The van der Waals surface area contributed by atoms with Crippen molar-refractivity contribution in [3.05, 3.63) is 72.8 Å². The highest BCUT2D eigenvalue weighted by atomic mass is 32.2. The van der Waals surface area contributed by atoms with Crippen LogP contribution in [0.5, 0.6) is 17.2 Å². The number of ether oxygens (including phenoxy) is 3. The summed E-state index contributed by atoms with van der Waals surface area (Å²) < 4.78 is 44.4. The first-order chi connectivity index (χ1) is 16.0. The highest BCUT2D eigenvalue weighted by Crippen LogP contribution is 2.32. The van der Waals surface area contributed by atoms with Gasteiger partial charge in [0.25, 0.3) is 10.0 Å². The number of hydrogen-bond donors (Lipinski definition) is 1. The molecule has 0 saturated carbocycles. The molecule has 1 heterocycles. The summed E-state index contributed by atoms with van der Waals surface area (Å²) in [5.74, 6) is 1.20. The van der Waals surface area contributed by atoms with Gasteiger partial charge in [0, 0.05) is 11.8 Å². The van der Waals surface area contributed by atoms with Gasteiger partial charge in [0.1, 0.15) is 25.5 Å². The molecule has 9 heteroatoms. The predicted molar refractivity (Wildman–Crippen MR) is 125 cm³/mol. The fourth-order valence-electron chi connectivity index (χ4n) is 3.36. The number of benzene rings is 3. The fourth-order valence-corrected chi connectivity index (χ4v) is 4.78. The number of hydrogen-bond acceptors (Lipinski definition) is 6. The van der Waals surface area contributed by atoms with Crippen molar-refractivity contribution < 1.29 is 27.4 Å². The van der Waals surface area contributed by atoms with Crippen LogP contribution in [0.25, 0.3) is 0 Å². The number of carbonyl (C=O) groups is 1. The van der Waals surface area contributed by atoms with Crippen molar-refractivity contribution in [1.82, 2.24) is 0 Å². The molecular formula is C24H24N2O6S. The van der Waals surface area contributed by atoms with Crippen molar-refractivity contribution >= 4 is 27.3 Å². The van der Waals surface area contributed by atoms with E-state index in [9.17, 15) is 13.2 Å². The quantitative estimate of drug-likeness (QED) is 0.542. The Morgan fingerprint density at radius 1 is 0.970 bits per heavy atom. The zero-order valence-corrected chi connectivity index (χ0v) is 18.9. The maximum absolute atomic E-state index is 13.5. The maximum atomic E-state index is 13.5. The number of carbonyl (C=O) groups excluding carboxylic acids is 1. The summed E-state index contributed by atoms with van der Waals surface area (Å²) in [6, 6.07) is 19.7. The van der Waals surface area contributed by atoms with E-state index in [1.54, 1.807) is 60.7 Å². The van der Waals surface area contributed by atoms with E-state index >= 15 is 0 Å². The molecule has 4 rings (SSSR count). The largest absolute Gasteiger partial charge is 0.494 e. The van der Waals surface area contributed by atoms with Gasteiger partial charge in [0.05, 0.1) is 17.2 Å². The van der Waals surface area contributed by atoms with Crippen LogP contribution in [0.1, 0.15) is 6.92 Å². The van der Waals surface area contributed by atoms with Crippen molar-refractivity contribution in [2.75, 3.05) is 36.0 Å². The number of para-hydroxylation sites is 1. The highest BCUT2D eigenvalue weighted by Gasteiger charge is 2.27. The molecule has 1 aliphatic heterocycles. The first kappa shape index (κ1) is 22.5. The monoisotopic (exact) mass is 468 g/mol. The van der Waals surface area contributed by atoms with Crippen molar-refractivity contribution in [2.45, 2.75) is 11.8 Å². The summed E-state index contributed by atoms with van der Waals surface area (Å²) in [5, 5.41) is 2.74. The Morgan fingerprint density at radius 3 is 2.36 bits per heavy atom. The number of fused-ring (bicyclic) bond motifs is 1. The van der Waals surface area contributed by atoms with Crippen LogP contribution in [0.15, 0.2) is 77.7 Å². The predicted octanol–water partition coefficient (Wildman–Crippen LogP) is 3.69. The van der Waals surface area contributed by atoms with Crippen molar-refractivity contribution in [2.24, 2.45) is 0 Å². The number of anilines is 2. The van der Waals surface area contributed by atoms with Gasteiger partial charge in [-0.3, -0.25) is 9.10 Å². The summed E-state index contributed by atoms with van der Waals surface area (Å²) >= 11 is 0. The molecular weight excluding hydrogens is 444 g/mol. The molecule has 172 valence electrons. The first-order valence-corrected chi connectivity index (χ1v) is 11.9. The fraction of sp³-hybridized carbons (Fsp3) is 0.208. The molecule has 33 heavy (non-hydrogen) atoms. The van der Waals surface area contributed by atoms with Gasteiger partial charge >= 0.3 is 0 Å². The smallest absolute Gasteiger partial charge is 0.264 e. The minimum Gasteiger partial charge on any atom is -0.494 e. The molecule has 1 aliphatic rings. The first-order valence-electron chi connectivity index (χ1n) is 10.5. The Morgan fingerprint density at radius 2 is 1.67 bits per heavy atom. The van der Waals surface area contributed by atoms with E-state index in [0.29, 0.717) is 48.4 Å². The van der Waals surface area contributed by atoms with Crippen LogP contribution < -0.4 is 23.8 Å². The summed E-state index contributed by atoms with van der Waals surface area (Å²) in [5.41, 5.74) is 0.861. The second-order valence-corrected chi connectivity index (χ2v) is 9.02. The third kappa shape index (κ3) is 5.20. The molecule has 0 aromatic heterocycles. The van der Waals surface area contributed by atoms with Gasteiger partial charge in [-0.15, -0.1) is 0 Å². The number of amides is 1. The number of sulfonamides is 1. The van der Waals surface area contributed by atoms with Crippen LogP contribution >= 0.6 is 0 Å². The molecule has 3 aromatic carbocycles. The maximum Gasteiger partial charge on any atom is 0.264 e. The second-order valence-electron chi connectivity index (χ2n) is 7.16. The molecule has 1 N–H and O–H groups in total. The summed E-state index contributed by atoms with van der Waals surface area (Å²) in [4.78, 5) is 12.9. The normalized spacial score (nSPS) is 12.6. The van der Waals surface area contributed by atoms with Crippen LogP contribution in [-0.2, 0) is 14.8 Å². The molecule has 0 fully saturated rings. The molecule has 0 spiro atoms. The average Bonchev–Trinajstić information content (AvgIpc) is 2.83. The molecule has 0 saturated heterocycles. The molecule has 0 aliphatic carbocycles. The molecule has 8 nitrogen and oxygen atoms in total. The molecule has 0 radical (unpaired) electrons. The lowest BCUT2D eigenvalue weighted by atomic mass is 10.2. The third-order valence-electron chi connectivity index (χ3n) is 4.88. The van der Waals surface area contributed by atoms with Crippen LogP contribution in [0.3, 0.4) is 0 Å². The lowest BCUT2D eigenvalue weighted by Crippen LogP contribution is -2.38. The van der Waals surface area contributed by atoms with E-state index in [-0.39, 0.29) is 4.90 Å². The Kier molecular flexibility index (Phi) is 6.69. The van der Waals surface area contributed by atoms with Crippen LogP contribution in [0.4, 0.5) is 11.4 Å². The Balaban J connectivity index is 1.58. The Labute approximate surface area is 192 Å². The van der Waals surface area contributed by atoms with Gasteiger partial charge in [0.2, 0.25) is 5.91 Å². The van der Waals surface area contributed by atoms with Crippen LogP contribution in [0, 0.1) is 0 Å². The van der Waals surface area contributed by atoms with E-state index in [4.69, 9.17) is 14.2 Å². The Hall–Kier alpha value is -3.72. The van der Waals surface area contributed by atoms with Crippen LogP contribution in [-0.4, -0.2) is 40.7 Å². The lowest BCUT2D eigenvalue weighted by molar-refractivity contribution is -0.114. The van der Waals surface area contributed by atoms with Crippen LogP contribution in [0.2, 0.25) is 0 Å². The standard InChI is InChI=1S/C24H24N2O6S/c1-2-30-20-9-11-21(12-10-20)33(28,29)26(19-6-4-3-5-7-19)17-24(27)25-18-8-13-22-23(16-18)32-15-14-31-22/h3-13,16H,2,14-15,17H2,1H3,(H,25,27). The van der Waals surface area contributed by atoms with E-state index in [1.165, 1.54) is 12.1 Å². The van der Waals surface area contributed by atoms with Gasteiger partial charge in [-0.25, -0.2) is 8.42 Å². The number of nitrogens with one attached hydrogen (secondary N) is 1. The number of nitrogens with zero attached hydrogens (tertiary/aromatic N) is 1. The molecule has 0 bridgehead atoms. The van der Waals surface area contributed by atoms with Gasteiger partial charge in [0.15, 0.2) is 11.5 Å². The summed E-state index contributed by atoms with van der Waals surface area (Å²) in [6.45, 7) is 2.80. The minimum atomic E-state index is -4.02. The van der Waals surface area contributed by atoms with E-state index in [2.05, 4.69) is 5.32 Å². The van der Waals surface area contributed by atoms with Crippen molar-refractivity contribution in [3.8, 4) is 17.2 Å². The molecule has 0 unspecified atom stereocenters. The zero-order valence-electron chi connectivity index (χ0n) is 18.1. The topological polar surface area (TPSA) is 94.2 Å². The second kappa shape index (κ2) is 9.83. The van der Waals surface area contributed by atoms with Gasteiger partial charge in [-0.05, 0) is 55.5 Å². The molecule has 0 atom stereocenters. The Bertz CT molecular complexity index is 1210. The summed E-state index contributed by atoms with van der Waals surface area (Å²) in [7, 11) is -4.02. The minimum absolute atomic E-state index is 0.0573. The molecule has 1 amide bonds. The average molecular weight is 469 g/mol. The number of rotatable bonds is 8. The van der Waals surface area contributed by atoms with Gasteiger partial charge in [-0.2, -0.15) is 0 Å².